The Morgan fingerprint density at radius 3 is 2.65 bits per heavy atom. The van der Waals surface area contributed by atoms with E-state index in [1.807, 2.05) is 19.9 Å². The van der Waals surface area contributed by atoms with Crippen LogP contribution in [0.4, 0.5) is 13.2 Å². The third-order valence-corrected chi connectivity index (χ3v) is 4.19. The molecule has 1 aromatic carbocycles. The van der Waals surface area contributed by atoms with Crippen LogP contribution in [0.3, 0.4) is 0 Å². The number of rotatable bonds is 4. The van der Waals surface area contributed by atoms with E-state index in [0.717, 1.165) is 16.4 Å². The molecule has 1 amide bonds. The third kappa shape index (κ3) is 3.47. The molecule has 2 aromatic rings. The number of carbonyl (C=O) groups excluding carboxylic acids is 1. The van der Waals surface area contributed by atoms with Gasteiger partial charge in [-0.15, -0.1) is 0 Å². The standard InChI is InChI=1S/C17H18F3N3O3/c1-16(2,10-4-5-12-13(6-10)26-9-25-12)8-21-15(24)11-7-23(3)22-14(11)17(18,19)20/h4-7H,8-9H2,1-3H3,(H,21,24). The third-order valence-electron chi connectivity index (χ3n) is 4.19. The van der Waals surface area contributed by atoms with Crippen molar-refractivity contribution in [2.24, 2.45) is 7.05 Å². The molecule has 0 fully saturated rings. The van der Waals surface area contributed by atoms with Gasteiger partial charge in [0.25, 0.3) is 5.91 Å². The van der Waals surface area contributed by atoms with Crippen LogP contribution in [-0.2, 0) is 18.6 Å². The van der Waals surface area contributed by atoms with Crippen molar-refractivity contribution in [1.29, 1.82) is 0 Å². The number of fused-ring (bicyclic) bond motifs is 1. The fourth-order valence-electron chi connectivity index (χ4n) is 2.68. The first-order valence-electron chi connectivity index (χ1n) is 7.87. The number of aromatic nitrogens is 2. The molecule has 0 atom stereocenters. The van der Waals surface area contributed by atoms with Crippen molar-refractivity contribution in [2.75, 3.05) is 13.3 Å². The average Bonchev–Trinajstić information content (AvgIpc) is 3.17. The number of nitrogens with one attached hydrogen (secondary N) is 1. The quantitative estimate of drug-likeness (QED) is 0.900. The maximum Gasteiger partial charge on any atom is 0.435 e. The molecule has 3 rings (SSSR count). The van der Waals surface area contributed by atoms with E-state index in [1.165, 1.54) is 7.05 Å². The van der Waals surface area contributed by atoms with Crippen molar-refractivity contribution in [3.63, 3.8) is 0 Å². The highest BCUT2D eigenvalue weighted by molar-refractivity contribution is 5.95. The van der Waals surface area contributed by atoms with Crippen LogP contribution in [0.15, 0.2) is 24.4 Å². The fourth-order valence-corrected chi connectivity index (χ4v) is 2.68. The number of carbonyl (C=O) groups is 1. The molecule has 6 nitrogen and oxygen atoms in total. The highest BCUT2D eigenvalue weighted by Gasteiger charge is 2.39. The lowest BCUT2D eigenvalue weighted by Gasteiger charge is -2.26. The molecule has 0 radical (unpaired) electrons. The van der Waals surface area contributed by atoms with E-state index in [-0.39, 0.29) is 13.3 Å². The maximum absolute atomic E-state index is 13.0. The Labute approximate surface area is 147 Å². The van der Waals surface area contributed by atoms with Gasteiger partial charge < -0.3 is 14.8 Å². The molecule has 1 N–H and O–H groups in total. The van der Waals surface area contributed by atoms with E-state index in [9.17, 15) is 18.0 Å². The zero-order valence-electron chi connectivity index (χ0n) is 14.5. The molecular formula is C17H18F3N3O3. The molecule has 0 bridgehead atoms. The van der Waals surface area contributed by atoms with Gasteiger partial charge in [-0.2, -0.15) is 18.3 Å². The molecule has 0 spiro atoms. The molecule has 0 saturated heterocycles. The average molecular weight is 369 g/mol. The lowest BCUT2D eigenvalue weighted by atomic mass is 9.84. The summed E-state index contributed by atoms with van der Waals surface area (Å²) < 4.78 is 50.6. The molecular weight excluding hydrogens is 351 g/mol. The predicted molar refractivity (Wildman–Crippen MR) is 86.1 cm³/mol. The second kappa shape index (κ2) is 6.22. The van der Waals surface area contributed by atoms with Gasteiger partial charge >= 0.3 is 6.18 Å². The number of halogens is 3. The van der Waals surface area contributed by atoms with Gasteiger partial charge in [0.15, 0.2) is 17.2 Å². The summed E-state index contributed by atoms with van der Waals surface area (Å²) in [5, 5.41) is 5.91. The van der Waals surface area contributed by atoms with Crippen molar-refractivity contribution >= 4 is 5.91 Å². The first-order valence-corrected chi connectivity index (χ1v) is 7.87. The Kier molecular flexibility index (Phi) is 4.33. The lowest BCUT2D eigenvalue weighted by molar-refractivity contribution is -0.141. The summed E-state index contributed by atoms with van der Waals surface area (Å²) in [5.41, 5.74) is -1.36. The molecule has 0 unspecified atom stereocenters. The van der Waals surface area contributed by atoms with Crippen molar-refractivity contribution in [2.45, 2.75) is 25.4 Å². The maximum atomic E-state index is 13.0. The van der Waals surface area contributed by atoms with Gasteiger partial charge in [-0.1, -0.05) is 19.9 Å². The molecule has 140 valence electrons. The number of ether oxygens (including phenoxy) is 2. The molecule has 1 aromatic heterocycles. The predicted octanol–water partition coefficient (Wildman–Crippen LogP) is 2.88. The van der Waals surface area contributed by atoms with Gasteiger partial charge in [0.2, 0.25) is 6.79 Å². The first kappa shape index (κ1) is 18.1. The van der Waals surface area contributed by atoms with Crippen LogP contribution in [0.2, 0.25) is 0 Å². The smallest absolute Gasteiger partial charge is 0.435 e. The second-order valence-electron chi connectivity index (χ2n) is 6.70. The summed E-state index contributed by atoms with van der Waals surface area (Å²) in [6.45, 7) is 4.03. The van der Waals surface area contributed by atoms with E-state index < -0.39 is 28.8 Å². The van der Waals surface area contributed by atoms with Gasteiger partial charge in [0.1, 0.15) is 0 Å². The van der Waals surface area contributed by atoms with Crippen LogP contribution in [0.25, 0.3) is 0 Å². The van der Waals surface area contributed by atoms with Crippen molar-refractivity contribution in [3.05, 3.63) is 41.2 Å². The number of hydrogen-bond acceptors (Lipinski definition) is 4. The summed E-state index contributed by atoms with van der Waals surface area (Å²) >= 11 is 0. The van der Waals surface area contributed by atoms with Gasteiger partial charge in [-0.3, -0.25) is 9.48 Å². The van der Waals surface area contributed by atoms with E-state index in [0.29, 0.717) is 11.5 Å². The van der Waals surface area contributed by atoms with Crippen LogP contribution in [0.5, 0.6) is 11.5 Å². The Hall–Kier alpha value is -2.71. The zero-order valence-corrected chi connectivity index (χ0v) is 14.5. The van der Waals surface area contributed by atoms with Crippen molar-refractivity contribution in [3.8, 4) is 11.5 Å². The summed E-state index contributed by atoms with van der Waals surface area (Å²) in [6.07, 6.45) is -3.63. The van der Waals surface area contributed by atoms with Gasteiger partial charge in [0.05, 0.1) is 5.56 Å². The summed E-state index contributed by atoms with van der Waals surface area (Å²) in [6, 6.07) is 5.41. The number of amides is 1. The van der Waals surface area contributed by atoms with Crippen molar-refractivity contribution in [1.82, 2.24) is 15.1 Å². The number of aryl methyl sites for hydroxylation is 1. The monoisotopic (exact) mass is 369 g/mol. The van der Waals surface area contributed by atoms with E-state index in [1.54, 1.807) is 12.1 Å². The molecule has 9 heteroatoms. The molecule has 26 heavy (non-hydrogen) atoms. The molecule has 0 aliphatic carbocycles. The van der Waals surface area contributed by atoms with Crippen LogP contribution in [0.1, 0.15) is 35.5 Å². The summed E-state index contributed by atoms with van der Waals surface area (Å²) in [5.74, 6) is 0.423. The minimum absolute atomic E-state index is 0.137. The molecule has 1 aliphatic rings. The first-order chi connectivity index (χ1) is 12.1. The van der Waals surface area contributed by atoms with Crippen LogP contribution in [0, 0.1) is 0 Å². The number of hydrogen-bond donors (Lipinski definition) is 1. The van der Waals surface area contributed by atoms with E-state index in [2.05, 4.69) is 10.4 Å². The highest BCUT2D eigenvalue weighted by atomic mass is 19.4. The second-order valence-corrected chi connectivity index (χ2v) is 6.70. The molecule has 0 saturated carbocycles. The molecule has 1 aliphatic heterocycles. The number of benzene rings is 1. The minimum Gasteiger partial charge on any atom is -0.454 e. The summed E-state index contributed by atoms with van der Waals surface area (Å²) in [7, 11) is 1.34. The largest absolute Gasteiger partial charge is 0.454 e. The Morgan fingerprint density at radius 1 is 1.27 bits per heavy atom. The van der Waals surface area contributed by atoms with Gasteiger partial charge in [-0.25, -0.2) is 0 Å². The number of alkyl halides is 3. The molecule has 2 heterocycles. The lowest BCUT2D eigenvalue weighted by Crippen LogP contribution is -2.37. The zero-order chi connectivity index (χ0) is 19.1. The number of nitrogens with zero attached hydrogens (tertiary/aromatic N) is 2. The Balaban J connectivity index is 1.75. The van der Waals surface area contributed by atoms with E-state index in [4.69, 9.17) is 9.47 Å². The summed E-state index contributed by atoms with van der Waals surface area (Å²) in [4.78, 5) is 12.3. The van der Waals surface area contributed by atoms with Crippen LogP contribution in [-0.4, -0.2) is 29.0 Å². The Bertz CT molecular complexity index is 844. The Morgan fingerprint density at radius 2 is 1.96 bits per heavy atom. The SMILES string of the molecule is Cn1cc(C(=O)NCC(C)(C)c2ccc3c(c2)OCO3)c(C(F)(F)F)n1. The highest BCUT2D eigenvalue weighted by Crippen LogP contribution is 2.36. The van der Waals surface area contributed by atoms with Gasteiger partial charge in [0, 0.05) is 25.2 Å². The fraction of sp³-hybridized carbons (Fsp3) is 0.412. The van der Waals surface area contributed by atoms with Crippen LogP contribution < -0.4 is 14.8 Å². The minimum atomic E-state index is -4.69. The van der Waals surface area contributed by atoms with Crippen molar-refractivity contribution < 1.29 is 27.4 Å². The topological polar surface area (TPSA) is 65.4 Å². The van der Waals surface area contributed by atoms with E-state index >= 15 is 0 Å². The van der Waals surface area contributed by atoms with Crippen LogP contribution >= 0.6 is 0 Å². The van der Waals surface area contributed by atoms with Gasteiger partial charge in [-0.05, 0) is 17.7 Å². The normalized spacial score (nSPS) is 13.8.